The summed E-state index contributed by atoms with van der Waals surface area (Å²) < 4.78 is 9.70. The van der Waals surface area contributed by atoms with Gasteiger partial charge in [-0.2, -0.15) is 0 Å². The summed E-state index contributed by atoms with van der Waals surface area (Å²) in [4.78, 5) is 47.8. The number of hydrogen-bond donors (Lipinski definition) is 2. The average molecular weight is 379 g/mol. The first-order valence-corrected chi connectivity index (χ1v) is 8.54. The van der Waals surface area contributed by atoms with Crippen LogP contribution in [-0.4, -0.2) is 61.5 Å². The first-order chi connectivity index (χ1) is 12.8. The van der Waals surface area contributed by atoms with Crippen molar-refractivity contribution >= 4 is 35.1 Å². The summed E-state index contributed by atoms with van der Waals surface area (Å²) in [5.74, 6) is -1.69. The third-order valence-electron chi connectivity index (χ3n) is 3.34. The standard InChI is InChI=1S/C18H25N3O6/c1-4-21(17(24)11-27-18(25)12-26-5-2)10-16(23)20-15-8-6-14(7-9-15)19-13(3)22/h6-9H,4-5,10-12H2,1-3H3,(H,19,22)(H,20,23). The van der Waals surface area contributed by atoms with Gasteiger partial charge in [0.25, 0.3) is 5.91 Å². The van der Waals surface area contributed by atoms with Gasteiger partial charge in [-0.05, 0) is 38.1 Å². The molecule has 9 heteroatoms. The minimum Gasteiger partial charge on any atom is -0.454 e. The lowest BCUT2D eigenvalue weighted by Gasteiger charge is -2.20. The van der Waals surface area contributed by atoms with Gasteiger partial charge in [-0.15, -0.1) is 0 Å². The quantitative estimate of drug-likeness (QED) is 0.587. The molecular formula is C18H25N3O6. The minimum atomic E-state index is -0.634. The molecule has 0 atom stereocenters. The summed E-state index contributed by atoms with van der Waals surface area (Å²) in [5, 5.41) is 5.28. The van der Waals surface area contributed by atoms with E-state index < -0.39 is 24.4 Å². The Bertz CT molecular complexity index is 660. The highest BCUT2D eigenvalue weighted by Gasteiger charge is 2.17. The number of benzene rings is 1. The molecule has 1 aromatic rings. The van der Waals surface area contributed by atoms with E-state index in [1.54, 1.807) is 38.1 Å². The van der Waals surface area contributed by atoms with Gasteiger partial charge in [0.05, 0.1) is 6.54 Å². The molecule has 0 saturated heterocycles. The number of anilines is 2. The van der Waals surface area contributed by atoms with Crippen LogP contribution in [0.3, 0.4) is 0 Å². The molecule has 2 N–H and O–H groups in total. The van der Waals surface area contributed by atoms with Crippen LogP contribution in [0.15, 0.2) is 24.3 Å². The molecule has 0 fully saturated rings. The van der Waals surface area contributed by atoms with Gasteiger partial charge in [0, 0.05) is 31.5 Å². The number of esters is 1. The Kier molecular flexibility index (Phi) is 9.52. The van der Waals surface area contributed by atoms with E-state index in [1.807, 2.05) is 0 Å². The van der Waals surface area contributed by atoms with Gasteiger partial charge in [-0.1, -0.05) is 0 Å². The first kappa shape index (κ1) is 22.1. The number of nitrogens with zero attached hydrogens (tertiary/aromatic N) is 1. The number of rotatable bonds is 10. The SMILES string of the molecule is CCOCC(=O)OCC(=O)N(CC)CC(=O)Nc1ccc(NC(C)=O)cc1. The zero-order valence-corrected chi connectivity index (χ0v) is 15.7. The van der Waals surface area contributed by atoms with E-state index >= 15 is 0 Å². The van der Waals surface area contributed by atoms with Crippen molar-refractivity contribution in [1.82, 2.24) is 4.90 Å². The Balaban J connectivity index is 2.48. The van der Waals surface area contributed by atoms with E-state index in [4.69, 9.17) is 9.47 Å². The third kappa shape index (κ3) is 8.82. The summed E-state index contributed by atoms with van der Waals surface area (Å²) in [6, 6.07) is 6.57. The van der Waals surface area contributed by atoms with Gasteiger partial charge in [-0.3, -0.25) is 14.4 Å². The normalized spacial score (nSPS) is 10.0. The predicted octanol–water partition coefficient (Wildman–Crippen LogP) is 1.01. The van der Waals surface area contributed by atoms with E-state index in [9.17, 15) is 19.2 Å². The lowest BCUT2D eigenvalue weighted by Crippen LogP contribution is -2.40. The zero-order valence-electron chi connectivity index (χ0n) is 15.7. The molecule has 1 aromatic carbocycles. The summed E-state index contributed by atoms with van der Waals surface area (Å²) in [6.07, 6.45) is 0. The van der Waals surface area contributed by atoms with Crippen LogP contribution in [0.25, 0.3) is 0 Å². The molecule has 9 nitrogen and oxygen atoms in total. The zero-order chi connectivity index (χ0) is 20.2. The number of ether oxygens (including phenoxy) is 2. The van der Waals surface area contributed by atoms with Gasteiger partial charge in [0.1, 0.15) is 6.61 Å². The van der Waals surface area contributed by atoms with Crippen molar-refractivity contribution in [2.75, 3.05) is 43.5 Å². The summed E-state index contributed by atoms with van der Waals surface area (Å²) >= 11 is 0. The van der Waals surface area contributed by atoms with Gasteiger partial charge in [0.15, 0.2) is 6.61 Å². The van der Waals surface area contributed by atoms with E-state index in [0.717, 1.165) is 0 Å². The number of amides is 3. The van der Waals surface area contributed by atoms with Crippen LogP contribution in [0.5, 0.6) is 0 Å². The molecule has 0 saturated carbocycles. The molecule has 0 spiro atoms. The van der Waals surface area contributed by atoms with Crippen molar-refractivity contribution in [2.45, 2.75) is 20.8 Å². The highest BCUT2D eigenvalue weighted by Crippen LogP contribution is 2.13. The molecule has 0 radical (unpaired) electrons. The monoisotopic (exact) mass is 379 g/mol. The van der Waals surface area contributed by atoms with Crippen molar-refractivity contribution in [1.29, 1.82) is 0 Å². The molecule has 1 rings (SSSR count). The highest BCUT2D eigenvalue weighted by molar-refractivity contribution is 5.95. The molecular weight excluding hydrogens is 354 g/mol. The van der Waals surface area contributed by atoms with E-state index in [-0.39, 0.29) is 25.6 Å². The fourth-order valence-corrected chi connectivity index (χ4v) is 2.05. The average Bonchev–Trinajstić information content (AvgIpc) is 2.63. The largest absolute Gasteiger partial charge is 0.454 e. The molecule has 0 aliphatic rings. The number of nitrogens with one attached hydrogen (secondary N) is 2. The summed E-state index contributed by atoms with van der Waals surface area (Å²) in [7, 11) is 0. The fourth-order valence-electron chi connectivity index (χ4n) is 2.05. The van der Waals surface area contributed by atoms with Crippen LogP contribution in [0.1, 0.15) is 20.8 Å². The Labute approximate surface area is 158 Å². The maximum atomic E-state index is 12.1. The second kappa shape index (κ2) is 11.6. The molecule has 0 unspecified atom stereocenters. The molecule has 0 heterocycles. The number of hydrogen-bond acceptors (Lipinski definition) is 6. The maximum Gasteiger partial charge on any atom is 0.332 e. The Morgan fingerprint density at radius 2 is 1.56 bits per heavy atom. The van der Waals surface area contributed by atoms with Crippen LogP contribution in [0.2, 0.25) is 0 Å². The van der Waals surface area contributed by atoms with Crippen molar-refractivity contribution in [2.24, 2.45) is 0 Å². The molecule has 3 amide bonds. The molecule has 27 heavy (non-hydrogen) atoms. The Hall–Kier alpha value is -2.94. The van der Waals surface area contributed by atoms with Crippen molar-refractivity contribution < 1.29 is 28.7 Å². The van der Waals surface area contributed by atoms with Crippen LogP contribution in [0, 0.1) is 0 Å². The lowest BCUT2D eigenvalue weighted by molar-refractivity contribution is -0.155. The lowest BCUT2D eigenvalue weighted by atomic mass is 10.2. The van der Waals surface area contributed by atoms with Gasteiger partial charge < -0.3 is 25.0 Å². The maximum absolute atomic E-state index is 12.1. The summed E-state index contributed by atoms with van der Waals surface area (Å²) in [5.41, 5.74) is 1.14. The van der Waals surface area contributed by atoms with Crippen molar-refractivity contribution in [3.8, 4) is 0 Å². The minimum absolute atomic E-state index is 0.175. The van der Waals surface area contributed by atoms with E-state index in [2.05, 4.69) is 10.6 Å². The van der Waals surface area contributed by atoms with Gasteiger partial charge in [-0.25, -0.2) is 4.79 Å². The summed E-state index contributed by atoms with van der Waals surface area (Å²) in [6.45, 7) is 4.68. The van der Waals surface area contributed by atoms with E-state index in [0.29, 0.717) is 18.0 Å². The second-order valence-electron chi connectivity index (χ2n) is 5.51. The second-order valence-corrected chi connectivity index (χ2v) is 5.51. The van der Waals surface area contributed by atoms with Crippen LogP contribution in [0.4, 0.5) is 11.4 Å². The molecule has 0 aromatic heterocycles. The molecule has 0 bridgehead atoms. The van der Waals surface area contributed by atoms with Crippen molar-refractivity contribution in [3.05, 3.63) is 24.3 Å². The van der Waals surface area contributed by atoms with Crippen LogP contribution < -0.4 is 10.6 Å². The van der Waals surface area contributed by atoms with Crippen LogP contribution in [-0.2, 0) is 28.7 Å². The number of likely N-dealkylation sites (N-methyl/N-ethyl adjacent to an activating group) is 1. The number of carbonyl (C=O) groups is 4. The van der Waals surface area contributed by atoms with Gasteiger partial charge >= 0.3 is 5.97 Å². The predicted molar refractivity (Wildman–Crippen MR) is 99.1 cm³/mol. The smallest absolute Gasteiger partial charge is 0.332 e. The molecule has 148 valence electrons. The van der Waals surface area contributed by atoms with Gasteiger partial charge in [0.2, 0.25) is 11.8 Å². The highest BCUT2D eigenvalue weighted by atomic mass is 16.6. The number of carbonyl (C=O) groups excluding carboxylic acids is 4. The van der Waals surface area contributed by atoms with E-state index in [1.165, 1.54) is 11.8 Å². The van der Waals surface area contributed by atoms with Crippen molar-refractivity contribution in [3.63, 3.8) is 0 Å². The van der Waals surface area contributed by atoms with Crippen LogP contribution >= 0.6 is 0 Å². The Morgan fingerprint density at radius 3 is 2.07 bits per heavy atom. The fraction of sp³-hybridized carbons (Fsp3) is 0.444. The topological polar surface area (TPSA) is 114 Å². The third-order valence-corrected chi connectivity index (χ3v) is 3.34. The molecule has 0 aliphatic carbocycles. The Morgan fingerprint density at radius 1 is 0.963 bits per heavy atom. The molecule has 0 aliphatic heterocycles. The first-order valence-electron chi connectivity index (χ1n) is 8.54.